The van der Waals surface area contributed by atoms with Crippen molar-refractivity contribution < 1.29 is 0 Å². The van der Waals surface area contributed by atoms with Crippen molar-refractivity contribution in [2.45, 2.75) is 36.8 Å². The van der Waals surface area contributed by atoms with Crippen LogP contribution in [0.25, 0.3) is 0 Å². The molecule has 1 rings (SSSR count). The number of hydrogen-bond acceptors (Lipinski definition) is 3. The maximum atomic E-state index is 4.19. The monoisotopic (exact) mass is 269 g/mol. The van der Waals surface area contributed by atoms with Crippen LogP contribution in [0.3, 0.4) is 0 Å². The van der Waals surface area contributed by atoms with Crippen molar-refractivity contribution in [3.63, 3.8) is 0 Å². The largest absolute Gasteiger partial charge is 0.316 e. The van der Waals surface area contributed by atoms with Gasteiger partial charge in [-0.15, -0.1) is 11.8 Å². The summed E-state index contributed by atoms with van der Waals surface area (Å²) in [4.78, 5) is 1.37. The molecule has 3 heteroatoms. The lowest BCUT2D eigenvalue weighted by Gasteiger charge is -2.07. The van der Waals surface area contributed by atoms with Crippen molar-refractivity contribution in [1.29, 1.82) is 0 Å². The van der Waals surface area contributed by atoms with Gasteiger partial charge in [-0.1, -0.05) is 26.0 Å². The normalized spacial score (nSPS) is 11.1. The lowest BCUT2D eigenvalue weighted by atomic mass is 10.1. The van der Waals surface area contributed by atoms with E-state index in [9.17, 15) is 0 Å². The fourth-order valence-corrected chi connectivity index (χ4v) is 2.56. The third kappa shape index (κ3) is 7.02. The third-order valence-electron chi connectivity index (χ3n) is 2.40. The second-order valence-corrected chi connectivity index (χ2v) is 6.48. The van der Waals surface area contributed by atoms with Gasteiger partial charge < -0.3 is 5.32 Å². The summed E-state index contributed by atoms with van der Waals surface area (Å²) < 4.78 is 0. The van der Waals surface area contributed by atoms with Crippen LogP contribution in [0.15, 0.2) is 29.2 Å². The van der Waals surface area contributed by atoms with Crippen LogP contribution in [-0.4, -0.2) is 24.1 Å². The van der Waals surface area contributed by atoms with E-state index >= 15 is 0 Å². The van der Waals surface area contributed by atoms with Crippen molar-refractivity contribution in [1.82, 2.24) is 5.32 Å². The molecular weight excluding hydrogens is 246 g/mol. The van der Waals surface area contributed by atoms with Crippen molar-refractivity contribution >= 4 is 24.4 Å². The summed E-state index contributed by atoms with van der Waals surface area (Å²) >= 11 is 6.11. The van der Waals surface area contributed by atoms with Gasteiger partial charge in [-0.05, 0) is 49.4 Å². The molecule has 0 saturated carbocycles. The van der Waals surface area contributed by atoms with Crippen molar-refractivity contribution in [2.75, 3.05) is 18.8 Å². The van der Waals surface area contributed by atoms with E-state index in [4.69, 9.17) is 0 Å². The molecule has 0 fully saturated rings. The maximum absolute atomic E-state index is 4.19. The fraction of sp³-hybridized carbons (Fsp3) is 0.571. The molecule has 0 unspecified atom stereocenters. The predicted molar refractivity (Wildman–Crippen MR) is 82.5 cm³/mol. The topological polar surface area (TPSA) is 12.0 Å². The fourth-order valence-electron chi connectivity index (χ4n) is 1.57. The Kier molecular flexibility index (Phi) is 7.82. The number of thiol groups is 1. The van der Waals surface area contributed by atoms with Gasteiger partial charge in [0.05, 0.1) is 0 Å². The highest BCUT2D eigenvalue weighted by Crippen LogP contribution is 2.22. The van der Waals surface area contributed by atoms with Crippen LogP contribution < -0.4 is 5.32 Å². The molecule has 0 aliphatic carbocycles. The first-order valence-electron chi connectivity index (χ1n) is 6.29. The van der Waals surface area contributed by atoms with Crippen molar-refractivity contribution in [2.24, 2.45) is 0 Å². The molecule has 0 spiro atoms. The van der Waals surface area contributed by atoms with Gasteiger partial charge in [0.2, 0.25) is 0 Å². The van der Waals surface area contributed by atoms with E-state index in [-0.39, 0.29) is 0 Å². The second-order valence-electron chi connectivity index (χ2n) is 4.39. The lowest BCUT2D eigenvalue weighted by molar-refractivity contribution is 0.675. The molecule has 0 heterocycles. The van der Waals surface area contributed by atoms with Crippen LogP contribution in [0, 0.1) is 0 Å². The Morgan fingerprint density at radius 1 is 1.18 bits per heavy atom. The van der Waals surface area contributed by atoms with E-state index in [1.54, 1.807) is 0 Å². The first kappa shape index (κ1) is 14.9. The highest BCUT2D eigenvalue weighted by atomic mass is 32.2. The number of rotatable bonds is 8. The van der Waals surface area contributed by atoms with Gasteiger partial charge in [-0.2, -0.15) is 12.6 Å². The van der Waals surface area contributed by atoms with Gasteiger partial charge in [0.1, 0.15) is 0 Å². The molecule has 0 aliphatic heterocycles. The molecule has 0 bridgehead atoms. The molecule has 0 saturated heterocycles. The van der Waals surface area contributed by atoms with Crippen molar-refractivity contribution in [3.8, 4) is 0 Å². The van der Waals surface area contributed by atoms with Crippen LogP contribution in [0.5, 0.6) is 0 Å². The number of nitrogens with one attached hydrogen (secondary N) is 1. The summed E-state index contributed by atoms with van der Waals surface area (Å²) in [7, 11) is 0. The van der Waals surface area contributed by atoms with Crippen LogP contribution in [0.4, 0.5) is 0 Å². The van der Waals surface area contributed by atoms with E-state index in [0.717, 1.165) is 31.7 Å². The number of hydrogen-bond donors (Lipinski definition) is 2. The van der Waals surface area contributed by atoms with Gasteiger partial charge in [-0.25, -0.2) is 0 Å². The average Bonchev–Trinajstić information content (AvgIpc) is 2.30. The summed E-state index contributed by atoms with van der Waals surface area (Å²) in [5.41, 5.74) is 1.41. The zero-order chi connectivity index (χ0) is 12.5. The second kappa shape index (κ2) is 8.90. The lowest BCUT2D eigenvalue weighted by Crippen LogP contribution is -2.18. The smallest absolute Gasteiger partial charge is 0.00747 e. The maximum Gasteiger partial charge on any atom is 0.00747 e. The van der Waals surface area contributed by atoms with Crippen LogP contribution in [0.2, 0.25) is 0 Å². The minimum absolute atomic E-state index is 0.656. The molecule has 0 radical (unpaired) electrons. The van der Waals surface area contributed by atoms with Gasteiger partial charge in [0.25, 0.3) is 0 Å². The molecule has 96 valence electrons. The zero-order valence-corrected chi connectivity index (χ0v) is 12.5. The summed E-state index contributed by atoms with van der Waals surface area (Å²) in [6.45, 7) is 6.59. The van der Waals surface area contributed by atoms with E-state index in [1.807, 2.05) is 11.8 Å². The van der Waals surface area contributed by atoms with Gasteiger partial charge in [0.15, 0.2) is 0 Å². The SMILES string of the molecule is CC(C)Sc1ccc(CCNCCCS)cc1. The highest BCUT2D eigenvalue weighted by Gasteiger charge is 1.98. The Morgan fingerprint density at radius 2 is 1.88 bits per heavy atom. The first-order chi connectivity index (χ1) is 8.22. The number of thioether (sulfide) groups is 1. The van der Waals surface area contributed by atoms with Crippen molar-refractivity contribution in [3.05, 3.63) is 29.8 Å². The number of benzene rings is 1. The summed E-state index contributed by atoms with van der Waals surface area (Å²) in [5.74, 6) is 0.966. The van der Waals surface area contributed by atoms with Crippen LogP contribution in [0.1, 0.15) is 25.8 Å². The molecule has 1 aromatic rings. The predicted octanol–water partition coefficient (Wildman–Crippen LogP) is 3.64. The Balaban J connectivity index is 2.25. The Hall–Kier alpha value is -0.120. The van der Waals surface area contributed by atoms with Gasteiger partial charge in [0, 0.05) is 10.1 Å². The molecule has 0 aromatic heterocycles. The minimum Gasteiger partial charge on any atom is -0.316 e. The molecule has 1 N–H and O–H groups in total. The van der Waals surface area contributed by atoms with E-state index in [1.165, 1.54) is 10.5 Å². The molecule has 1 nitrogen and oxygen atoms in total. The third-order valence-corrected chi connectivity index (χ3v) is 3.73. The Labute approximate surface area is 115 Å². The van der Waals surface area contributed by atoms with E-state index in [2.05, 4.69) is 56.1 Å². The molecule has 17 heavy (non-hydrogen) atoms. The summed E-state index contributed by atoms with van der Waals surface area (Å²) in [6.07, 6.45) is 2.26. The first-order valence-corrected chi connectivity index (χ1v) is 7.80. The quantitative estimate of drug-likeness (QED) is 0.424. The molecule has 0 atom stereocenters. The van der Waals surface area contributed by atoms with E-state index in [0.29, 0.717) is 5.25 Å². The molecule has 0 aliphatic rings. The standard InChI is InChI=1S/C14H23NS2/c1-12(2)17-14-6-4-13(5-7-14)8-10-15-9-3-11-16/h4-7,12,15-16H,3,8-11H2,1-2H3. The van der Waals surface area contributed by atoms with Crippen LogP contribution in [-0.2, 0) is 6.42 Å². The minimum atomic E-state index is 0.656. The summed E-state index contributed by atoms with van der Waals surface area (Å²) in [6, 6.07) is 8.94. The van der Waals surface area contributed by atoms with Gasteiger partial charge >= 0.3 is 0 Å². The Morgan fingerprint density at radius 3 is 2.47 bits per heavy atom. The Bertz CT molecular complexity index is 296. The molecule has 0 amide bonds. The molecule has 1 aromatic carbocycles. The molecular formula is C14H23NS2. The zero-order valence-electron chi connectivity index (χ0n) is 10.8. The average molecular weight is 269 g/mol. The van der Waals surface area contributed by atoms with E-state index < -0.39 is 0 Å². The highest BCUT2D eigenvalue weighted by molar-refractivity contribution is 7.99. The van der Waals surface area contributed by atoms with Gasteiger partial charge in [-0.3, -0.25) is 0 Å². The van der Waals surface area contributed by atoms with Crippen LogP contribution >= 0.6 is 24.4 Å². The summed E-state index contributed by atoms with van der Waals surface area (Å²) in [5, 5.41) is 4.08.